The van der Waals surface area contributed by atoms with Crippen LogP contribution in [0.25, 0.3) is 0 Å². The van der Waals surface area contributed by atoms with Gasteiger partial charge in [0.05, 0.1) is 12.8 Å². The van der Waals surface area contributed by atoms with Gasteiger partial charge in [-0.15, -0.1) is 0 Å². The van der Waals surface area contributed by atoms with Gasteiger partial charge in [0, 0.05) is 12.2 Å². The van der Waals surface area contributed by atoms with Crippen LogP contribution in [0.2, 0.25) is 0 Å². The molecule has 2 aromatic rings. The smallest absolute Gasteiger partial charge is 0.239 e. The third kappa shape index (κ3) is 5.65. The topological polar surface area (TPSA) is 66.5 Å². The Bertz CT molecular complexity index is 864. The molecular weight excluding hydrogens is 343 g/mol. The van der Waals surface area contributed by atoms with Crippen LogP contribution in [-0.4, -0.2) is 31.4 Å². The molecule has 5 nitrogen and oxygen atoms in total. The molecule has 134 valence electrons. The average molecular weight is 364 g/mol. The van der Waals surface area contributed by atoms with E-state index in [1.165, 1.54) is 24.3 Å². The van der Waals surface area contributed by atoms with Crippen molar-refractivity contribution in [1.82, 2.24) is 4.31 Å². The number of rotatable bonds is 6. The van der Waals surface area contributed by atoms with Crippen molar-refractivity contribution in [2.75, 3.05) is 18.1 Å². The van der Waals surface area contributed by atoms with Crippen LogP contribution >= 0.6 is 0 Å². The molecular formula is C18H21FN2O3S. The molecule has 25 heavy (non-hydrogen) atoms. The van der Waals surface area contributed by atoms with Crippen LogP contribution in [-0.2, 0) is 21.4 Å². The van der Waals surface area contributed by atoms with Crippen LogP contribution < -0.4 is 5.32 Å². The maximum Gasteiger partial charge on any atom is 0.239 e. The van der Waals surface area contributed by atoms with Crippen LogP contribution in [0.4, 0.5) is 10.1 Å². The van der Waals surface area contributed by atoms with Gasteiger partial charge in [-0.1, -0.05) is 18.2 Å². The zero-order valence-electron chi connectivity index (χ0n) is 14.4. The summed E-state index contributed by atoms with van der Waals surface area (Å²) in [7, 11) is -3.60. The van der Waals surface area contributed by atoms with Crippen molar-refractivity contribution in [3.63, 3.8) is 0 Å². The van der Waals surface area contributed by atoms with Gasteiger partial charge in [-0.3, -0.25) is 4.79 Å². The summed E-state index contributed by atoms with van der Waals surface area (Å²) >= 11 is 0. The number of benzene rings is 2. The predicted octanol–water partition coefficient (Wildman–Crippen LogP) is 2.84. The third-order valence-corrected chi connectivity index (χ3v) is 5.05. The summed E-state index contributed by atoms with van der Waals surface area (Å²) in [6.45, 7) is 3.58. The molecule has 0 heterocycles. The number of nitrogens with one attached hydrogen (secondary N) is 1. The number of sulfonamides is 1. The minimum Gasteiger partial charge on any atom is -0.325 e. The molecule has 7 heteroatoms. The lowest BCUT2D eigenvalue weighted by atomic mass is 10.1. The number of carbonyl (C=O) groups excluding carboxylic acids is 1. The van der Waals surface area contributed by atoms with Gasteiger partial charge in [-0.2, -0.15) is 4.31 Å². The first-order valence-corrected chi connectivity index (χ1v) is 9.56. The van der Waals surface area contributed by atoms with Crippen molar-refractivity contribution in [3.8, 4) is 0 Å². The van der Waals surface area contributed by atoms with E-state index in [1.54, 1.807) is 6.07 Å². The molecule has 2 aromatic carbocycles. The number of hydrogen-bond donors (Lipinski definition) is 1. The number of aryl methyl sites for hydroxylation is 2. The predicted molar refractivity (Wildman–Crippen MR) is 96.2 cm³/mol. The highest BCUT2D eigenvalue weighted by Crippen LogP contribution is 2.15. The Morgan fingerprint density at radius 1 is 1.08 bits per heavy atom. The Balaban J connectivity index is 2.09. The van der Waals surface area contributed by atoms with E-state index in [9.17, 15) is 17.6 Å². The summed E-state index contributed by atoms with van der Waals surface area (Å²) in [5.41, 5.74) is 3.35. The summed E-state index contributed by atoms with van der Waals surface area (Å²) in [4.78, 5) is 12.2. The Morgan fingerprint density at radius 2 is 1.72 bits per heavy atom. The Hall–Kier alpha value is -2.25. The second-order valence-corrected chi connectivity index (χ2v) is 7.99. The second-order valence-electron chi connectivity index (χ2n) is 6.00. The molecule has 0 atom stereocenters. The summed E-state index contributed by atoms with van der Waals surface area (Å²) in [6.07, 6.45) is 1.04. The van der Waals surface area contributed by atoms with E-state index in [2.05, 4.69) is 5.32 Å². The van der Waals surface area contributed by atoms with E-state index < -0.39 is 21.7 Å². The molecule has 0 bridgehead atoms. The number of carbonyl (C=O) groups is 1. The Morgan fingerprint density at radius 3 is 2.28 bits per heavy atom. The molecule has 0 unspecified atom stereocenters. The molecule has 1 N–H and O–H groups in total. The van der Waals surface area contributed by atoms with Gasteiger partial charge in [-0.05, 0) is 54.8 Å². The molecule has 0 aromatic heterocycles. The maximum atomic E-state index is 13.0. The van der Waals surface area contributed by atoms with E-state index >= 15 is 0 Å². The van der Waals surface area contributed by atoms with E-state index in [0.717, 1.165) is 21.7 Å². The monoisotopic (exact) mass is 364 g/mol. The van der Waals surface area contributed by atoms with Crippen molar-refractivity contribution >= 4 is 21.6 Å². The molecule has 0 aliphatic carbocycles. The van der Waals surface area contributed by atoms with Crippen LogP contribution in [0.1, 0.15) is 16.7 Å². The number of halogens is 1. The molecule has 0 radical (unpaired) electrons. The zero-order chi connectivity index (χ0) is 18.6. The SMILES string of the molecule is Cc1ccc(NC(=O)CN(Cc2ccc(F)cc2)S(C)(=O)=O)cc1C. The first-order chi connectivity index (χ1) is 11.6. The standard InChI is InChI=1S/C18H21FN2O3S/c1-13-4-9-17(10-14(13)2)20-18(22)12-21(25(3,23)24)11-15-5-7-16(19)8-6-15/h4-10H,11-12H2,1-3H3,(H,20,22). The summed E-state index contributed by atoms with van der Waals surface area (Å²) in [5.74, 6) is -0.835. The number of anilines is 1. The van der Waals surface area contributed by atoms with Crippen molar-refractivity contribution < 1.29 is 17.6 Å². The van der Waals surface area contributed by atoms with E-state index in [4.69, 9.17) is 0 Å². The fourth-order valence-electron chi connectivity index (χ4n) is 2.26. The van der Waals surface area contributed by atoms with Gasteiger partial charge in [0.25, 0.3) is 0 Å². The lowest BCUT2D eigenvalue weighted by molar-refractivity contribution is -0.116. The largest absolute Gasteiger partial charge is 0.325 e. The average Bonchev–Trinajstić information content (AvgIpc) is 2.51. The number of amides is 1. The first kappa shape index (κ1) is 19.1. The first-order valence-electron chi connectivity index (χ1n) is 7.72. The molecule has 1 amide bonds. The Labute approximate surface area is 147 Å². The molecule has 0 saturated heterocycles. The highest BCUT2D eigenvalue weighted by atomic mass is 32.2. The minimum absolute atomic E-state index is 0.000537. The van der Waals surface area contributed by atoms with Gasteiger partial charge < -0.3 is 5.32 Å². The second kappa shape index (κ2) is 7.76. The number of hydrogen-bond acceptors (Lipinski definition) is 3. The number of nitrogens with zero attached hydrogens (tertiary/aromatic N) is 1. The molecule has 0 aliphatic heterocycles. The highest BCUT2D eigenvalue weighted by Gasteiger charge is 2.20. The fourth-order valence-corrected chi connectivity index (χ4v) is 3.00. The van der Waals surface area contributed by atoms with E-state index in [-0.39, 0.29) is 13.1 Å². The lowest BCUT2D eigenvalue weighted by Crippen LogP contribution is -2.36. The van der Waals surface area contributed by atoms with Crippen molar-refractivity contribution in [3.05, 3.63) is 65.0 Å². The molecule has 0 saturated carbocycles. The van der Waals surface area contributed by atoms with Crippen LogP contribution in [0, 0.1) is 19.7 Å². The molecule has 0 aliphatic rings. The summed E-state index contributed by atoms with van der Waals surface area (Å²) < 4.78 is 38.0. The van der Waals surface area contributed by atoms with Crippen molar-refractivity contribution in [2.24, 2.45) is 0 Å². The normalized spacial score (nSPS) is 11.6. The highest BCUT2D eigenvalue weighted by molar-refractivity contribution is 7.88. The maximum absolute atomic E-state index is 13.0. The lowest BCUT2D eigenvalue weighted by Gasteiger charge is -2.19. The van der Waals surface area contributed by atoms with Gasteiger partial charge >= 0.3 is 0 Å². The Kier molecular flexibility index (Phi) is 5.92. The van der Waals surface area contributed by atoms with Gasteiger partial charge in [0.2, 0.25) is 15.9 Å². The minimum atomic E-state index is -3.60. The summed E-state index contributed by atoms with van der Waals surface area (Å²) in [6, 6.07) is 11.0. The summed E-state index contributed by atoms with van der Waals surface area (Å²) in [5, 5.41) is 2.70. The van der Waals surface area contributed by atoms with E-state index in [1.807, 2.05) is 26.0 Å². The van der Waals surface area contributed by atoms with Gasteiger partial charge in [0.1, 0.15) is 5.82 Å². The van der Waals surface area contributed by atoms with Gasteiger partial charge in [0.15, 0.2) is 0 Å². The molecule has 0 spiro atoms. The van der Waals surface area contributed by atoms with Crippen LogP contribution in [0.15, 0.2) is 42.5 Å². The molecule has 2 rings (SSSR count). The van der Waals surface area contributed by atoms with Gasteiger partial charge in [-0.25, -0.2) is 12.8 Å². The quantitative estimate of drug-likeness (QED) is 0.857. The zero-order valence-corrected chi connectivity index (χ0v) is 15.2. The van der Waals surface area contributed by atoms with Crippen LogP contribution in [0.5, 0.6) is 0 Å². The van der Waals surface area contributed by atoms with E-state index in [0.29, 0.717) is 11.3 Å². The fraction of sp³-hybridized carbons (Fsp3) is 0.278. The van der Waals surface area contributed by atoms with Crippen molar-refractivity contribution in [2.45, 2.75) is 20.4 Å². The third-order valence-electron chi connectivity index (χ3n) is 3.85. The van der Waals surface area contributed by atoms with Crippen molar-refractivity contribution in [1.29, 1.82) is 0 Å². The molecule has 0 fully saturated rings. The van der Waals surface area contributed by atoms with Crippen LogP contribution in [0.3, 0.4) is 0 Å².